The lowest BCUT2D eigenvalue weighted by Crippen LogP contribution is -2.03. The number of hydrogen-bond acceptors (Lipinski definition) is 11. The van der Waals surface area contributed by atoms with Crippen LogP contribution < -0.4 is 15.5 Å². The maximum atomic E-state index is 11.2. The SMILES string of the molecule is COc1ccc(/C=N\Nc2nc3nonc3nc2Nc2ccc(I)cc2)cc1[N+](=O)[O-]. The van der Waals surface area contributed by atoms with Gasteiger partial charge in [-0.15, -0.1) is 0 Å². The normalized spacial score (nSPS) is 11.0. The summed E-state index contributed by atoms with van der Waals surface area (Å²) in [6.07, 6.45) is 1.41. The van der Waals surface area contributed by atoms with E-state index in [2.05, 4.69) is 63.3 Å². The fraction of sp³-hybridized carbons (Fsp3) is 0.0556. The summed E-state index contributed by atoms with van der Waals surface area (Å²) in [4.78, 5) is 19.3. The minimum atomic E-state index is -0.524. The topological polar surface area (TPSA) is 153 Å². The van der Waals surface area contributed by atoms with Crippen LogP contribution in [0.1, 0.15) is 5.56 Å². The molecule has 0 amide bonds. The predicted octanol–water partition coefficient (Wildman–Crippen LogP) is 3.72. The Morgan fingerprint density at radius 1 is 1.13 bits per heavy atom. The van der Waals surface area contributed by atoms with Gasteiger partial charge in [-0.3, -0.25) is 15.5 Å². The van der Waals surface area contributed by atoms with Crippen LogP contribution in [0.4, 0.5) is 23.0 Å². The second kappa shape index (κ2) is 8.86. The van der Waals surface area contributed by atoms with Crippen molar-refractivity contribution in [2.75, 3.05) is 17.9 Å². The molecule has 2 heterocycles. The summed E-state index contributed by atoms with van der Waals surface area (Å²) >= 11 is 2.21. The van der Waals surface area contributed by atoms with Gasteiger partial charge in [0, 0.05) is 20.9 Å². The highest BCUT2D eigenvalue weighted by atomic mass is 127. The fourth-order valence-corrected chi connectivity index (χ4v) is 2.93. The number of nitro benzene ring substituents is 1. The van der Waals surface area contributed by atoms with Crippen LogP contribution >= 0.6 is 22.6 Å². The third-order valence-electron chi connectivity index (χ3n) is 4.00. The van der Waals surface area contributed by atoms with Gasteiger partial charge in [-0.25, -0.2) is 9.61 Å². The van der Waals surface area contributed by atoms with Gasteiger partial charge in [-0.2, -0.15) is 10.1 Å². The Morgan fingerprint density at radius 2 is 1.84 bits per heavy atom. The average molecular weight is 532 g/mol. The lowest BCUT2D eigenvalue weighted by atomic mass is 10.2. The zero-order valence-corrected chi connectivity index (χ0v) is 18.0. The second-order valence-corrected chi connectivity index (χ2v) is 7.27. The Hall–Kier alpha value is -3.88. The number of halogens is 1. The molecule has 0 unspecified atom stereocenters. The van der Waals surface area contributed by atoms with Crippen LogP contribution in [0.15, 0.2) is 52.2 Å². The van der Waals surface area contributed by atoms with Crippen molar-refractivity contribution in [3.63, 3.8) is 0 Å². The molecular weight excluding hydrogens is 519 g/mol. The molecule has 0 saturated carbocycles. The van der Waals surface area contributed by atoms with Crippen molar-refractivity contribution in [3.8, 4) is 5.75 Å². The molecule has 0 radical (unpaired) electrons. The number of ether oxygens (including phenoxy) is 1. The van der Waals surface area contributed by atoms with Gasteiger partial charge in [0.1, 0.15) is 0 Å². The maximum Gasteiger partial charge on any atom is 0.311 e. The quantitative estimate of drug-likeness (QED) is 0.156. The molecule has 13 heteroatoms. The average Bonchev–Trinajstić information content (AvgIpc) is 3.22. The second-order valence-electron chi connectivity index (χ2n) is 6.02. The Labute approximate surface area is 188 Å². The van der Waals surface area contributed by atoms with E-state index in [0.29, 0.717) is 11.4 Å². The fourth-order valence-electron chi connectivity index (χ4n) is 2.57. The van der Waals surface area contributed by atoms with Crippen molar-refractivity contribution in [2.45, 2.75) is 0 Å². The van der Waals surface area contributed by atoms with Crippen LogP contribution in [-0.4, -0.2) is 38.5 Å². The third kappa shape index (κ3) is 4.66. The van der Waals surface area contributed by atoms with Crippen LogP contribution in [0.25, 0.3) is 11.3 Å². The molecule has 0 atom stereocenters. The monoisotopic (exact) mass is 532 g/mol. The lowest BCUT2D eigenvalue weighted by Gasteiger charge is -2.09. The smallest absolute Gasteiger partial charge is 0.311 e. The van der Waals surface area contributed by atoms with Crippen molar-refractivity contribution < 1.29 is 14.3 Å². The number of nitro groups is 1. The molecule has 2 aromatic carbocycles. The van der Waals surface area contributed by atoms with Crippen molar-refractivity contribution in [2.24, 2.45) is 5.10 Å². The first kappa shape index (κ1) is 20.4. The Kier molecular flexibility index (Phi) is 5.83. The summed E-state index contributed by atoms with van der Waals surface area (Å²) < 4.78 is 10.8. The lowest BCUT2D eigenvalue weighted by molar-refractivity contribution is -0.385. The molecule has 0 aliphatic rings. The highest BCUT2D eigenvalue weighted by molar-refractivity contribution is 14.1. The van der Waals surface area contributed by atoms with Crippen molar-refractivity contribution in [1.29, 1.82) is 0 Å². The number of rotatable bonds is 7. The van der Waals surface area contributed by atoms with E-state index in [1.165, 1.54) is 25.5 Å². The number of methoxy groups -OCH3 is 1. The Balaban J connectivity index is 1.61. The van der Waals surface area contributed by atoms with Gasteiger partial charge in [0.15, 0.2) is 17.4 Å². The first-order valence-corrected chi connectivity index (χ1v) is 9.76. The zero-order valence-electron chi connectivity index (χ0n) is 15.8. The summed E-state index contributed by atoms with van der Waals surface area (Å²) in [5.74, 6) is 0.775. The van der Waals surface area contributed by atoms with Gasteiger partial charge in [0.05, 0.1) is 18.2 Å². The van der Waals surface area contributed by atoms with Gasteiger partial charge in [-0.1, -0.05) is 0 Å². The zero-order chi connectivity index (χ0) is 21.8. The van der Waals surface area contributed by atoms with Gasteiger partial charge in [-0.05, 0) is 69.3 Å². The van der Waals surface area contributed by atoms with Crippen LogP contribution in [0.2, 0.25) is 0 Å². The highest BCUT2D eigenvalue weighted by Gasteiger charge is 2.15. The maximum absolute atomic E-state index is 11.2. The minimum absolute atomic E-state index is 0.161. The molecule has 156 valence electrons. The van der Waals surface area contributed by atoms with Gasteiger partial charge in [0.2, 0.25) is 11.3 Å². The largest absolute Gasteiger partial charge is 0.490 e. The summed E-state index contributed by atoms with van der Waals surface area (Å²) in [7, 11) is 1.37. The summed E-state index contributed by atoms with van der Waals surface area (Å²) in [6.45, 7) is 0. The number of hydrogen-bond donors (Lipinski definition) is 2. The number of benzene rings is 2. The van der Waals surface area contributed by atoms with E-state index in [-0.39, 0.29) is 28.5 Å². The summed E-state index contributed by atoms with van der Waals surface area (Å²) in [5, 5.41) is 25.8. The number of nitrogens with one attached hydrogen (secondary N) is 2. The van der Waals surface area contributed by atoms with E-state index in [0.717, 1.165) is 9.26 Å². The van der Waals surface area contributed by atoms with Gasteiger partial charge < -0.3 is 10.1 Å². The third-order valence-corrected chi connectivity index (χ3v) is 4.72. The van der Waals surface area contributed by atoms with Crippen molar-refractivity contribution in [3.05, 3.63) is 61.7 Å². The van der Waals surface area contributed by atoms with Crippen LogP contribution in [0.5, 0.6) is 5.75 Å². The van der Waals surface area contributed by atoms with Crippen LogP contribution in [-0.2, 0) is 0 Å². The molecule has 0 bridgehead atoms. The molecule has 0 aliphatic carbocycles. The molecule has 4 aromatic rings. The number of anilines is 3. The molecule has 0 fully saturated rings. The van der Waals surface area contributed by atoms with Crippen molar-refractivity contribution in [1.82, 2.24) is 20.3 Å². The molecule has 2 N–H and O–H groups in total. The molecular formula is C18H13IN8O4. The number of nitrogens with zero attached hydrogens (tertiary/aromatic N) is 6. The van der Waals surface area contributed by atoms with E-state index in [1.54, 1.807) is 6.07 Å². The molecule has 31 heavy (non-hydrogen) atoms. The molecule has 0 aliphatic heterocycles. The first-order valence-electron chi connectivity index (χ1n) is 8.68. The summed E-state index contributed by atoms with van der Waals surface area (Å²) in [5.41, 5.74) is 4.31. The van der Waals surface area contributed by atoms with Crippen molar-refractivity contribution >= 4 is 63.1 Å². The molecule has 12 nitrogen and oxygen atoms in total. The van der Waals surface area contributed by atoms with E-state index in [9.17, 15) is 10.1 Å². The number of aromatic nitrogens is 4. The van der Waals surface area contributed by atoms with E-state index in [1.807, 2.05) is 24.3 Å². The van der Waals surface area contributed by atoms with E-state index < -0.39 is 4.92 Å². The number of fused-ring (bicyclic) bond motifs is 1. The predicted molar refractivity (Wildman–Crippen MR) is 121 cm³/mol. The molecule has 0 spiro atoms. The highest BCUT2D eigenvalue weighted by Crippen LogP contribution is 2.27. The van der Waals surface area contributed by atoms with Crippen LogP contribution in [0.3, 0.4) is 0 Å². The summed E-state index contributed by atoms with van der Waals surface area (Å²) in [6, 6.07) is 12.1. The number of hydrazone groups is 1. The minimum Gasteiger partial charge on any atom is -0.490 e. The standard InChI is InChI=1S/C18H13IN8O4/c1-30-14-7-2-10(8-13(14)27(28)29)9-20-24-16-15(21-12-5-3-11(19)4-6-12)22-17-18(23-16)26-31-25-17/h2-9H,1H3,(H,21,22,25)(H,23,24,26)/b20-9-. The van der Waals surface area contributed by atoms with Gasteiger partial charge >= 0.3 is 5.69 Å². The molecule has 0 saturated heterocycles. The Bertz CT molecular complexity index is 1280. The molecule has 2 aromatic heterocycles. The first-order chi connectivity index (χ1) is 15.0. The molecule has 4 rings (SSSR count). The van der Waals surface area contributed by atoms with Crippen LogP contribution in [0, 0.1) is 13.7 Å². The van der Waals surface area contributed by atoms with E-state index >= 15 is 0 Å². The Morgan fingerprint density at radius 3 is 2.52 bits per heavy atom. The van der Waals surface area contributed by atoms with E-state index in [4.69, 9.17) is 4.74 Å². The van der Waals surface area contributed by atoms with Gasteiger partial charge in [0.25, 0.3) is 0 Å².